The summed E-state index contributed by atoms with van der Waals surface area (Å²) < 4.78 is 36.7. The van der Waals surface area contributed by atoms with Crippen molar-refractivity contribution in [2.45, 2.75) is 31.5 Å². The molecule has 1 aromatic rings. The third-order valence-corrected chi connectivity index (χ3v) is 2.84. The van der Waals surface area contributed by atoms with Crippen molar-refractivity contribution in [1.82, 2.24) is 5.32 Å². The van der Waals surface area contributed by atoms with Gasteiger partial charge in [0.1, 0.15) is 5.92 Å². The molecule has 0 radical (unpaired) electrons. The maximum absolute atomic E-state index is 12.2. The molecule has 1 amide bonds. The zero-order valence-corrected chi connectivity index (χ0v) is 11.6. The van der Waals surface area contributed by atoms with Gasteiger partial charge in [-0.3, -0.25) is 4.79 Å². The van der Waals surface area contributed by atoms with Crippen LogP contribution in [0.1, 0.15) is 24.8 Å². The molecule has 3 nitrogen and oxygen atoms in total. The quantitative estimate of drug-likeness (QED) is 0.822. The first-order valence-electron chi connectivity index (χ1n) is 5.92. The number of nitrogens with two attached hydrogens (primary N) is 1. The Labute approximate surface area is 120 Å². The van der Waals surface area contributed by atoms with E-state index in [1.54, 1.807) is 30.3 Å². The lowest BCUT2D eigenvalue weighted by molar-refractivity contribution is -0.141. The predicted molar refractivity (Wildman–Crippen MR) is 74.2 cm³/mol. The second-order valence-corrected chi connectivity index (χ2v) is 4.95. The Morgan fingerprint density at radius 2 is 1.90 bits per heavy atom. The zero-order chi connectivity index (χ0) is 15.3. The van der Waals surface area contributed by atoms with Gasteiger partial charge >= 0.3 is 6.18 Å². The van der Waals surface area contributed by atoms with Crippen LogP contribution < -0.4 is 11.1 Å². The van der Waals surface area contributed by atoms with Crippen LogP contribution in [0.3, 0.4) is 0 Å². The largest absolute Gasteiger partial charge is 0.392 e. The van der Waals surface area contributed by atoms with Crippen LogP contribution >= 0.6 is 12.2 Å². The summed E-state index contributed by atoms with van der Waals surface area (Å²) in [4.78, 5) is 12.0. The third kappa shape index (κ3) is 5.16. The minimum Gasteiger partial charge on any atom is -0.392 e. The summed E-state index contributed by atoms with van der Waals surface area (Å²) in [6.45, 7) is 1.28. The molecule has 3 N–H and O–H groups in total. The van der Waals surface area contributed by atoms with Crippen LogP contribution in [0, 0.1) is 0 Å². The first-order chi connectivity index (χ1) is 9.20. The normalized spacial score (nSPS) is 14.4. The molecule has 0 aliphatic carbocycles. The number of carbonyl (C=O) groups is 1. The van der Waals surface area contributed by atoms with E-state index < -0.39 is 30.5 Å². The van der Waals surface area contributed by atoms with Crippen molar-refractivity contribution < 1.29 is 18.0 Å². The molecule has 20 heavy (non-hydrogen) atoms. The zero-order valence-electron chi connectivity index (χ0n) is 10.8. The lowest BCUT2D eigenvalue weighted by Gasteiger charge is -2.20. The number of benzene rings is 1. The van der Waals surface area contributed by atoms with Crippen LogP contribution in [0.2, 0.25) is 0 Å². The SMILES string of the molecule is CC(CC(F)(F)F)NC(=O)C(C(N)=S)c1ccccc1. The molecule has 0 saturated heterocycles. The molecule has 0 saturated carbocycles. The molecule has 110 valence electrons. The van der Waals surface area contributed by atoms with E-state index in [9.17, 15) is 18.0 Å². The Morgan fingerprint density at radius 1 is 1.35 bits per heavy atom. The van der Waals surface area contributed by atoms with E-state index >= 15 is 0 Å². The van der Waals surface area contributed by atoms with Gasteiger partial charge in [-0.2, -0.15) is 13.2 Å². The highest BCUT2D eigenvalue weighted by atomic mass is 32.1. The summed E-state index contributed by atoms with van der Waals surface area (Å²) in [5.41, 5.74) is 6.07. The average Bonchev–Trinajstić information content (AvgIpc) is 2.26. The predicted octanol–water partition coefficient (Wildman–Crippen LogP) is 2.51. The van der Waals surface area contributed by atoms with Gasteiger partial charge in [0, 0.05) is 6.04 Å². The van der Waals surface area contributed by atoms with Crippen molar-refractivity contribution in [3.8, 4) is 0 Å². The van der Waals surface area contributed by atoms with Gasteiger partial charge in [0.15, 0.2) is 0 Å². The van der Waals surface area contributed by atoms with E-state index in [-0.39, 0.29) is 4.99 Å². The summed E-state index contributed by atoms with van der Waals surface area (Å²) >= 11 is 4.83. The fourth-order valence-electron chi connectivity index (χ4n) is 1.81. The van der Waals surface area contributed by atoms with E-state index in [0.29, 0.717) is 5.56 Å². The second kappa shape index (κ2) is 6.69. The lowest BCUT2D eigenvalue weighted by Crippen LogP contribution is -2.42. The number of amides is 1. The van der Waals surface area contributed by atoms with Crippen LogP contribution in [0.25, 0.3) is 0 Å². The molecule has 1 rings (SSSR count). The maximum atomic E-state index is 12.2. The number of hydrogen-bond acceptors (Lipinski definition) is 2. The summed E-state index contributed by atoms with van der Waals surface area (Å²) in [6, 6.07) is 7.42. The van der Waals surface area contributed by atoms with Crippen molar-refractivity contribution in [1.29, 1.82) is 0 Å². The van der Waals surface area contributed by atoms with Crippen molar-refractivity contribution in [2.24, 2.45) is 5.73 Å². The number of halogens is 3. The number of hydrogen-bond donors (Lipinski definition) is 2. The van der Waals surface area contributed by atoms with E-state index in [1.165, 1.54) is 6.92 Å². The highest BCUT2D eigenvalue weighted by molar-refractivity contribution is 7.80. The van der Waals surface area contributed by atoms with Crippen LogP contribution in [-0.4, -0.2) is 23.1 Å². The number of alkyl halides is 3. The van der Waals surface area contributed by atoms with Crippen molar-refractivity contribution in [3.05, 3.63) is 35.9 Å². The molecule has 0 fully saturated rings. The molecular formula is C13H15F3N2OS. The third-order valence-electron chi connectivity index (χ3n) is 2.61. The molecule has 0 spiro atoms. The van der Waals surface area contributed by atoms with Gasteiger partial charge in [-0.05, 0) is 12.5 Å². The summed E-state index contributed by atoms with van der Waals surface area (Å²) in [7, 11) is 0. The van der Waals surface area contributed by atoms with Crippen LogP contribution in [0.5, 0.6) is 0 Å². The van der Waals surface area contributed by atoms with E-state index in [1.807, 2.05) is 0 Å². The standard InChI is InChI=1S/C13H15F3N2OS/c1-8(7-13(14,15)16)18-12(19)10(11(17)20)9-5-3-2-4-6-9/h2-6,8,10H,7H2,1H3,(H2,17,20)(H,18,19). The van der Waals surface area contributed by atoms with Gasteiger partial charge in [0.05, 0.1) is 11.4 Å². The van der Waals surface area contributed by atoms with Gasteiger partial charge in [-0.15, -0.1) is 0 Å². The molecule has 7 heteroatoms. The number of rotatable bonds is 5. The number of carbonyl (C=O) groups excluding carboxylic acids is 1. The average molecular weight is 304 g/mol. The fraction of sp³-hybridized carbons (Fsp3) is 0.385. The highest BCUT2D eigenvalue weighted by Gasteiger charge is 2.32. The topological polar surface area (TPSA) is 55.1 Å². The van der Waals surface area contributed by atoms with E-state index in [0.717, 1.165) is 0 Å². The number of nitrogens with one attached hydrogen (secondary N) is 1. The molecule has 0 aromatic heterocycles. The first kappa shape index (κ1) is 16.4. The minimum absolute atomic E-state index is 0.0760. The molecule has 0 bridgehead atoms. The Hall–Kier alpha value is -1.63. The van der Waals surface area contributed by atoms with Gasteiger partial charge in [0.2, 0.25) is 5.91 Å². The monoisotopic (exact) mass is 304 g/mol. The smallest absolute Gasteiger partial charge is 0.391 e. The maximum Gasteiger partial charge on any atom is 0.391 e. The van der Waals surface area contributed by atoms with E-state index in [2.05, 4.69) is 5.32 Å². The van der Waals surface area contributed by atoms with Crippen molar-refractivity contribution >= 4 is 23.1 Å². The fourth-order valence-corrected chi connectivity index (χ4v) is 2.06. The molecule has 0 aliphatic heterocycles. The molecule has 2 unspecified atom stereocenters. The van der Waals surface area contributed by atoms with Gasteiger partial charge < -0.3 is 11.1 Å². The van der Waals surface area contributed by atoms with Gasteiger partial charge in [0.25, 0.3) is 0 Å². The van der Waals surface area contributed by atoms with Crippen LogP contribution in [-0.2, 0) is 4.79 Å². The summed E-state index contributed by atoms with van der Waals surface area (Å²) in [6.07, 6.45) is -5.43. The van der Waals surface area contributed by atoms with E-state index in [4.69, 9.17) is 18.0 Å². The highest BCUT2D eigenvalue weighted by Crippen LogP contribution is 2.22. The number of thiocarbonyl (C=S) groups is 1. The van der Waals surface area contributed by atoms with Crippen LogP contribution in [0.15, 0.2) is 30.3 Å². The van der Waals surface area contributed by atoms with Crippen LogP contribution in [0.4, 0.5) is 13.2 Å². The Balaban J connectivity index is 2.79. The molecular weight excluding hydrogens is 289 g/mol. The summed E-state index contributed by atoms with van der Waals surface area (Å²) in [5, 5.41) is 2.29. The van der Waals surface area contributed by atoms with Crippen molar-refractivity contribution in [3.63, 3.8) is 0 Å². The lowest BCUT2D eigenvalue weighted by atomic mass is 9.98. The molecule has 0 heterocycles. The Morgan fingerprint density at radius 3 is 2.35 bits per heavy atom. The van der Waals surface area contributed by atoms with Gasteiger partial charge in [-0.25, -0.2) is 0 Å². The molecule has 2 atom stereocenters. The first-order valence-corrected chi connectivity index (χ1v) is 6.33. The second-order valence-electron chi connectivity index (χ2n) is 4.48. The van der Waals surface area contributed by atoms with Crippen molar-refractivity contribution in [2.75, 3.05) is 0 Å². The molecule has 0 aliphatic rings. The molecule has 1 aromatic carbocycles. The minimum atomic E-state index is -4.34. The Kier molecular flexibility index (Phi) is 5.50. The summed E-state index contributed by atoms with van der Waals surface area (Å²) in [5.74, 6) is -1.55. The Bertz CT molecular complexity index is 476. The van der Waals surface area contributed by atoms with Gasteiger partial charge in [-0.1, -0.05) is 42.5 Å².